The number of amides is 1. The third-order valence-corrected chi connectivity index (χ3v) is 5.50. The molecule has 0 aliphatic rings. The lowest BCUT2D eigenvalue weighted by Gasteiger charge is -2.24. The van der Waals surface area contributed by atoms with Gasteiger partial charge in [-0.15, -0.1) is 0 Å². The van der Waals surface area contributed by atoms with E-state index in [0.29, 0.717) is 30.2 Å². The van der Waals surface area contributed by atoms with Gasteiger partial charge in [-0.3, -0.25) is 4.79 Å². The second-order valence-electron chi connectivity index (χ2n) is 7.74. The van der Waals surface area contributed by atoms with Gasteiger partial charge in [0.05, 0.1) is 26.3 Å². The van der Waals surface area contributed by atoms with E-state index < -0.39 is 0 Å². The first-order chi connectivity index (χ1) is 16.1. The maximum Gasteiger partial charge on any atom is 0.258 e. The van der Waals surface area contributed by atoms with E-state index in [-0.39, 0.29) is 5.91 Å². The number of imidazole rings is 1. The predicted octanol–water partition coefficient (Wildman–Crippen LogP) is 4.70. The Hall–Kier alpha value is -3.87. The lowest BCUT2D eigenvalue weighted by atomic mass is 10.1. The smallest absolute Gasteiger partial charge is 0.258 e. The number of hydrogen-bond donors (Lipinski definition) is 0. The van der Waals surface area contributed by atoms with Crippen molar-refractivity contribution in [1.82, 2.24) is 19.4 Å². The van der Waals surface area contributed by atoms with Crippen LogP contribution in [0.3, 0.4) is 0 Å². The Morgan fingerprint density at radius 3 is 2.55 bits per heavy atom. The molecule has 1 amide bonds. The molecule has 4 rings (SSSR count). The van der Waals surface area contributed by atoms with Crippen LogP contribution in [0.4, 0.5) is 0 Å². The summed E-state index contributed by atoms with van der Waals surface area (Å²) in [5.41, 5.74) is 3.14. The highest BCUT2D eigenvalue weighted by Crippen LogP contribution is 2.27. The van der Waals surface area contributed by atoms with Gasteiger partial charge in [0.15, 0.2) is 5.65 Å². The first-order valence-electron chi connectivity index (χ1n) is 11.0. The molecule has 4 aromatic rings. The molecule has 0 unspecified atom stereocenters. The predicted molar refractivity (Wildman–Crippen MR) is 127 cm³/mol. The molecule has 2 heterocycles. The number of ether oxygens (including phenoxy) is 2. The van der Waals surface area contributed by atoms with E-state index in [4.69, 9.17) is 14.5 Å². The van der Waals surface area contributed by atoms with Crippen LogP contribution in [0.5, 0.6) is 11.5 Å². The fourth-order valence-electron chi connectivity index (χ4n) is 3.91. The molecule has 0 aliphatic heterocycles. The van der Waals surface area contributed by atoms with E-state index in [1.807, 2.05) is 42.5 Å². The Balaban J connectivity index is 1.76. The van der Waals surface area contributed by atoms with Gasteiger partial charge >= 0.3 is 0 Å². The van der Waals surface area contributed by atoms with E-state index in [1.54, 1.807) is 43.5 Å². The van der Waals surface area contributed by atoms with Crippen LogP contribution in [-0.2, 0) is 19.6 Å². The fraction of sp³-hybridized carbons (Fsp3) is 0.269. The van der Waals surface area contributed by atoms with Crippen molar-refractivity contribution in [3.63, 3.8) is 0 Å². The lowest BCUT2D eigenvalue weighted by Crippen LogP contribution is -2.31. The minimum atomic E-state index is -0.155. The van der Waals surface area contributed by atoms with Gasteiger partial charge in [0, 0.05) is 19.3 Å². The van der Waals surface area contributed by atoms with Crippen LogP contribution in [-0.4, -0.2) is 39.6 Å². The first-order valence-corrected chi connectivity index (χ1v) is 11.0. The van der Waals surface area contributed by atoms with E-state index in [0.717, 1.165) is 35.5 Å². The summed E-state index contributed by atoms with van der Waals surface area (Å²) in [6.45, 7) is 3.67. The zero-order chi connectivity index (χ0) is 23.2. The zero-order valence-corrected chi connectivity index (χ0v) is 19.2. The molecule has 0 fully saturated rings. The van der Waals surface area contributed by atoms with Gasteiger partial charge in [0.25, 0.3) is 5.91 Å². The molecule has 2 aromatic carbocycles. The van der Waals surface area contributed by atoms with Crippen molar-refractivity contribution in [3.05, 3.63) is 83.8 Å². The molecule has 33 heavy (non-hydrogen) atoms. The number of methoxy groups -OCH3 is 2. The molecule has 0 saturated carbocycles. The molecule has 0 radical (unpaired) electrons. The molecule has 0 aliphatic carbocycles. The SMILES string of the molecule is CCCn1c(CN(Cc2ccccc2)C(=O)c2cc(OC)ccc2OC)nc2cccnc21. The number of carbonyl (C=O) groups excluding carboxylic acids is 1. The highest BCUT2D eigenvalue weighted by atomic mass is 16.5. The highest BCUT2D eigenvalue weighted by Gasteiger charge is 2.24. The summed E-state index contributed by atoms with van der Waals surface area (Å²) >= 11 is 0. The third-order valence-electron chi connectivity index (χ3n) is 5.50. The molecule has 0 bridgehead atoms. The van der Waals surface area contributed by atoms with Crippen LogP contribution in [0.1, 0.15) is 35.1 Å². The van der Waals surface area contributed by atoms with Crippen LogP contribution >= 0.6 is 0 Å². The van der Waals surface area contributed by atoms with Crippen LogP contribution in [0.25, 0.3) is 11.2 Å². The standard InChI is InChI=1S/C26H28N4O3/c1-4-15-30-24(28-22-11-8-14-27-25(22)30)18-29(17-19-9-6-5-7-10-19)26(31)21-16-20(32-2)12-13-23(21)33-3/h5-14,16H,4,15,17-18H2,1-3H3. The van der Waals surface area contributed by atoms with Gasteiger partial charge in [-0.2, -0.15) is 0 Å². The van der Waals surface area contributed by atoms with Crippen LogP contribution in [0, 0.1) is 0 Å². The average Bonchev–Trinajstić information content (AvgIpc) is 3.20. The molecular weight excluding hydrogens is 416 g/mol. The molecule has 170 valence electrons. The van der Waals surface area contributed by atoms with Gasteiger partial charge in [0.2, 0.25) is 0 Å². The van der Waals surface area contributed by atoms with Gasteiger partial charge in [-0.05, 0) is 42.3 Å². The summed E-state index contributed by atoms with van der Waals surface area (Å²) in [7, 11) is 3.14. The van der Waals surface area contributed by atoms with Crippen molar-refractivity contribution in [2.45, 2.75) is 33.0 Å². The zero-order valence-electron chi connectivity index (χ0n) is 19.2. The maximum atomic E-state index is 13.8. The molecule has 2 aromatic heterocycles. The molecule has 7 heteroatoms. The van der Waals surface area contributed by atoms with Crippen molar-refractivity contribution in [2.24, 2.45) is 0 Å². The van der Waals surface area contributed by atoms with E-state index in [2.05, 4.69) is 16.5 Å². The summed E-state index contributed by atoms with van der Waals surface area (Å²) in [5.74, 6) is 1.75. The maximum absolute atomic E-state index is 13.8. The molecule has 0 N–H and O–H groups in total. The summed E-state index contributed by atoms with van der Waals surface area (Å²) in [5, 5.41) is 0. The number of benzene rings is 2. The number of hydrogen-bond acceptors (Lipinski definition) is 5. The second kappa shape index (κ2) is 10.2. The third kappa shape index (κ3) is 4.82. The molecule has 0 saturated heterocycles. The second-order valence-corrected chi connectivity index (χ2v) is 7.74. The number of rotatable bonds is 9. The summed E-state index contributed by atoms with van der Waals surface area (Å²) in [6, 6.07) is 19.0. The monoisotopic (exact) mass is 444 g/mol. The summed E-state index contributed by atoms with van der Waals surface area (Å²) in [4.78, 5) is 25.0. The first kappa shape index (κ1) is 22.3. The van der Waals surface area contributed by atoms with Crippen molar-refractivity contribution < 1.29 is 14.3 Å². The number of nitrogens with zero attached hydrogens (tertiary/aromatic N) is 4. The average molecular weight is 445 g/mol. The minimum absolute atomic E-state index is 0.155. The lowest BCUT2D eigenvalue weighted by molar-refractivity contribution is 0.0720. The summed E-state index contributed by atoms with van der Waals surface area (Å²) in [6.07, 6.45) is 2.71. The topological polar surface area (TPSA) is 69.5 Å². The van der Waals surface area contributed by atoms with Crippen molar-refractivity contribution >= 4 is 17.1 Å². The van der Waals surface area contributed by atoms with E-state index in [1.165, 1.54) is 0 Å². The Labute approximate surface area is 193 Å². The van der Waals surface area contributed by atoms with Gasteiger partial charge in [-0.1, -0.05) is 37.3 Å². The normalized spacial score (nSPS) is 10.9. The van der Waals surface area contributed by atoms with Crippen molar-refractivity contribution in [3.8, 4) is 11.5 Å². The fourth-order valence-corrected chi connectivity index (χ4v) is 3.91. The van der Waals surface area contributed by atoms with Gasteiger partial charge in [-0.25, -0.2) is 9.97 Å². The molecule has 7 nitrogen and oxygen atoms in total. The quantitative estimate of drug-likeness (QED) is 0.374. The number of fused-ring (bicyclic) bond motifs is 1. The number of aromatic nitrogens is 3. The Kier molecular flexibility index (Phi) is 6.88. The van der Waals surface area contributed by atoms with Gasteiger partial charge in [0.1, 0.15) is 22.8 Å². The highest BCUT2D eigenvalue weighted by molar-refractivity contribution is 5.97. The Morgan fingerprint density at radius 1 is 1.00 bits per heavy atom. The number of pyridine rings is 1. The van der Waals surface area contributed by atoms with Gasteiger partial charge < -0.3 is 18.9 Å². The Bertz CT molecular complexity index is 1240. The number of carbonyl (C=O) groups is 1. The van der Waals surface area contributed by atoms with E-state index in [9.17, 15) is 4.79 Å². The summed E-state index contributed by atoms with van der Waals surface area (Å²) < 4.78 is 13.0. The van der Waals surface area contributed by atoms with Crippen molar-refractivity contribution in [2.75, 3.05) is 14.2 Å². The number of aryl methyl sites for hydroxylation is 1. The van der Waals surface area contributed by atoms with Crippen LogP contribution in [0.15, 0.2) is 66.9 Å². The van der Waals surface area contributed by atoms with Crippen molar-refractivity contribution in [1.29, 1.82) is 0 Å². The molecule has 0 spiro atoms. The molecule has 0 atom stereocenters. The largest absolute Gasteiger partial charge is 0.497 e. The van der Waals surface area contributed by atoms with Crippen LogP contribution < -0.4 is 9.47 Å². The Morgan fingerprint density at radius 2 is 1.82 bits per heavy atom. The van der Waals surface area contributed by atoms with E-state index >= 15 is 0 Å². The minimum Gasteiger partial charge on any atom is -0.497 e. The van der Waals surface area contributed by atoms with Crippen LogP contribution in [0.2, 0.25) is 0 Å². The molecular formula is C26H28N4O3.